The Morgan fingerprint density at radius 1 is 1.00 bits per heavy atom. The molecule has 0 fully saturated rings. The van der Waals surface area contributed by atoms with Crippen LogP contribution in [-0.4, -0.2) is 46.3 Å². The zero-order valence-corrected chi connectivity index (χ0v) is 17.3. The summed E-state index contributed by atoms with van der Waals surface area (Å²) in [6.07, 6.45) is 1.17. The maximum atomic E-state index is 12.9. The molecule has 1 aromatic carbocycles. The van der Waals surface area contributed by atoms with E-state index in [1.165, 1.54) is 39.8 Å². The number of thiophene rings is 1. The van der Waals surface area contributed by atoms with Gasteiger partial charge in [0.1, 0.15) is 16.5 Å². The zero-order valence-electron chi connectivity index (χ0n) is 16.5. The van der Waals surface area contributed by atoms with E-state index in [0.717, 1.165) is 4.88 Å². The summed E-state index contributed by atoms with van der Waals surface area (Å²) in [7, 11) is 5.54. The van der Waals surface area contributed by atoms with Crippen LogP contribution in [0.2, 0.25) is 0 Å². The van der Waals surface area contributed by atoms with E-state index in [2.05, 4.69) is 5.32 Å². The second kappa shape index (κ2) is 8.52. The average molecular weight is 419 g/mol. The first-order valence-electron chi connectivity index (χ1n) is 8.79. The lowest BCUT2D eigenvalue weighted by molar-refractivity contribution is -0.142. The molecule has 1 N–H and O–H groups in total. The Morgan fingerprint density at radius 3 is 2.21 bits per heavy atom. The lowest BCUT2D eigenvalue weighted by Crippen LogP contribution is -2.17. The summed E-state index contributed by atoms with van der Waals surface area (Å²) in [4.78, 5) is 38.3. The highest BCUT2D eigenvalue weighted by Gasteiger charge is 2.38. The van der Waals surface area contributed by atoms with Crippen LogP contribution in [0.4, 0.5) is 5.00 Å². The second-order valence-corrected chi connectivity index (χ2v) is 7.41. The Kier molecular flexibility index (Phi) is 6.07. The Bertz CT molecular complexity index is 944. The molecule has 0 aliphatic heterocycles. The van der Waals surface area contributed by atoms with Gasteiger partial charge in [0, 0.05) is 16.5 Å². The number of fused-ring (bicyclic) bond motifs is 1. The summed E-state index contributed by atoms with van der Waals surface area (Å²) in [5.41, 5.74) is 1.07. The number of hydrogen-bond acceptors (Lipinski definition) is 8. The lowest BCUT2D eigenvalue weighted by atomic mass is 9.99. The van der Waals surface area contributed by atoms with Crippen molar-refractivity contribution in [3.05, 3.63) is 39.8 Å². The maximum Gasteiger partial charge on any atom is 0.341 e. The highest BCUT2D eigenvalue weighted by Crippen LogP contribution is 2.46. The minimum Gasteiger partial charge on any atom is -0.497 e. The molecule has 0 radical (unpaired) electrons. The molecule has 0 spiro atoms. The van der Waals surface area contributed by atoms with Crippen LogP contribution in [0.5, 0.6) is 11.5 Å². The number of nitrogens with one attached hydrogen (secondary N) is 1. The van der Waals surface area contributed by atoms with Crippen molar-refractivity contribution in [2.75, 3.05) is 33.8 Å². The van der Waals surface area contributed by atoms with E-state index in [1.54, 1.807) is 18.2 Å². The van der Waals surface area contributed by atoms with Gasteiger partial charge in [-0.2, -0.15) is 0 Å². The van der Waals surface area contributed by atoms with Gasteiger partial charge in [-0.25, -0.2) is 4.79 Å². The molecule has 1 aromatic heterocycles. The molecule has 0 saturated heterocycles. The van der Waals surface area contributed by atoms with Gasteiger partial charge in [-0.3, -0.25) is 9.59 Å². The van der Waals surface area contributed by atoms with E-state index in [4.69, 9.17) is 18.9 Å². The van der Waals surface area contributed by atoms with Gasteiger partial charge in [0.2, 0.25) is 0 Å². The predicted octanol–water partition coefficient (Wildman–Crippen LogP) is 3.01. The Balaban J connectivity index is 1.99. The second-order valence-electron chi connectivity index (χ2n) is 6.30. The Hall–Kier alpha value is -3.07. The van der Waals surface area contributed by atoms with Crippen LogP contribution in [0, 0.1) is 0 Å². The van der Waals surface area contributed by atoms with Crippen molar-refractivity contribution in [3.63, 3.8) is 0 Å². The Morgan fingerprint density at radius 2 is 1.66 bits per heavy atom. The normalized spacial score (nSPS) is 14.7. The Labute approximate surface area is 171 Å². The minimum atomic E-state index is -0.614. The molecule has 1 aliphatic carbocycles. The van der Waals surface area contributed by atoms with Crippen LogP contribution in [0.15, 0.2) is 18.2 Å². The van der Waals surface area contributed by atoms with Gasteiger partial charge in [0.15, 0.2) is 0 Å². The van der Waals surface area contributed by atoms with E-state index < -0.39 is 23.8 Å². The first-order valence-corrected chi connectivity index (χ1v) is 9.61. The van der Waals surface area contributed by atoms with E-state index >= 15 is 0 Å². The van der Waals surface area contributed by atoms with E-state index in [0.29, 0.717) is 40.5 Å². The largest absolute Gasteiger partial charge is 0.497 e. The van der Waals surface area contributed by atoms with Crippen LogP contribution in [0.25, 0.3) is 0 Å². The summed E-state index contributed by atoms with van der Waals surface area (Å²) in [6.45, 7) is 0. The highest BCUT2D eigenvalue weighted by molar-refractivity contribution is 7.17. The molecular weight excluding hydrogens is 398 g/mol. The molecule has 0 unspecified atom stereocenters. The summed E-state index contributed by atoms with van der Waals surface area (Å²) in [5, 5.41) is 3.10. The number of hydrogen-bond donors (Lipinski definition) is 1. The standard InChI is InChI=1S/C20H21NO7S/c1-25-11-7-10(8-12(9-11)26-2)17(22)21-18-16(20(24)28-4)15-13(19(23)27-3)5-6-14(15)29-18/h7-9,13H,5-6H2,1-4H3,(H,21,22)/t13-/m1/s1. The van der Waals surface area contributed by atoms with E-state index in [-0.39, 0.29) is 5.56 Å². The summed E-state index contributed by atoms with van der Waals surface area (Å²) >= 11 is 1.26. The minimum absolute atomic E-state index is 0.198. The SMILES string of the molecule is COC(=O)c1c(NC(=O)c2cc(OC)cc(OC)c2)sc2c1[C@H](C(=O)OC)CC2. The van der Waals surface area contributed by atoms with Crippen LogP contribution < -0.4 is 14.8 Å². The van der Waals surface area contributed by atoms with Gasteiger partial charge in [-0.15, -0.1) is 11.3 Å². The van der Waals surface area contributed by atoms with Crippen LogP contribution in [0.3, 0.4) is 0 Å². The lowest BCUT2D eigenvalue weighted by Gasteiger charge is -2.12. The first kappa shape index (κ1) is 20.7. The molecule has 0 saturated carbocycles. The van der Waals surface area contributed by atoms with Crippen molar-refractivity contribution in [2.24, 2.45) is 0 Å². The van der Waals surface area contributed by atoms with E-state index in [1.807, 2.05) is 0 Å². The fourth-order valence-electron chi connectivity index (χ4n) is 3.35. The molecule has 2 aromatic rings. The number of benzene rings is 1. The molecular formula is C20H21NO7S. The molecule has 1 heterocycles. The third-order valence-electron chi connectivity index (χ3n) is 4.75. The topological polar surface area (TPSA) is 100 Å². The number of carbonyl (C=O) groups is 3. The maximum absolute atomic E-state index is 12.9. The number of aryl methyl sites for hydroxylation is 1. The highest BCUT2D eigenvalue weighted by atomic mass is 32.1. The number of carbonyl (C=O) groups excluding carboxylic acids is 3. The molecule has 1 aliphatic rings. The molecule has 3 rings (SSSR count). The zero-order chi connectivity index (χ0) is 21.1. The van der Waals surface area contributed by atoms with Gasteiger partial charge in [-0.05, 0) is 30.5 Å². The number of amides is 1. The van der Waals surface area contributed by atoms with Crippen molar-refractivity contribution in [1.29, 1.82) is 0 Å². The van der Waals surface area contributed by atoms with Crippen molar-refractivity contribution in [1.82, 2.24) is 0 Å². The summed E-state index contributed by atoms with van der Waals surface area (Å²) in [6, 6.07) is 4.78. The van der Waals surface area contributed by atoms with Gasteiger partial charge in [0.25, 0.3) is 5.91 Å². The number of esters is 2. The third-order valence-corrected chi connectivity index (χ3v) is 5.93. The fourth-order valence-corrected chi connectivity index (χ4v) is 4.61. The van der Waals surface area contributed by atoms with Crippen molar-refractivity contribution in [3.8, 4) is 11.5 Å². The number of anilines is 1. The van der Waals surface area contributed by atoms with Crippen molar-refractivity contribution >= 4 is 34.2 Å². The number of ether oxygens (including phenoxy) is 4. The summed E-state index contributed by atoms with van der Waals surface area (Å²) in [5.74, 6) is -1.10. The van der Waals surface area contributed by atoms with E-state index in [9.17, 15) is 14.4 Å². The predicted molar refractivity (Wildman–Crippen MR) is 106 cm³/mol. The summed E-state index contributed by atoms with van der Waals surface area (Å²) < 4.78 is 20.2. The van der Waals surface area contributed by atoms with Crippen LogP contribution >= 0.6 is 11.3 Å². The number of rotatable bonds is 6. The first-order chi connectivity index (χ1) is 13.9. The van der Waals surface area contributed by atoms with Crippen molar-refractivity contribution in [2.45, 2.75) is 18.8 Å². The third kappa shape index (κ3) is 3.91. The average Bonchev–Trinajstić information content (AvgIpc) is 3.30. The van der Waals surface area contributed by atoms with Gasteiger partial charge < -0.3 is 24.3 Å². The van der Waals surface area contributed by atoms with Crippen LogP contribution in [0.1, 0.15) is 43.5 Å². The molecule has 9 heteroatoms. The van der Waals surface area contributed by atoms with Gasteiger partial charge in [0.05, 0.1) is 39.9 Å². The van der Waals surface area contributed by atoms with Gasteiger partial charge in [-0.1, -0.05) is 0 Å². The van der Waals surface area contributed by atoms with Gasteiger partial charge >= 0.3 is 11.9 Å². The molecule has 1 atom stereocenters. The molecule has 29 heavy (non-hydrogen) atoms. The van der Waals surface area contributed by atoms with Crippen molar-refractivity contribution < 1.29 is 33.3 Å². The molecule has 1 amide bonds. The quantitative estimate of drug-likeness (QED) is 0.719. The number of methoxy groups -OCH3 is 4. The molecule has 154 valence electrons. The smallest absolute Gasteiger partial charge is 0.341 e. The van der Waals surface area contributed by atoms with Crippen LogP contribution in [-0.2, 0) is 20.7 Å². The fraction of sp³-hybridized carbons (Fsp3) is 0.350. The molecule has 8 nitrogen and oxygen atoms in total. The monoisotopic (exact) mass is 419 g/mol. The molecule has 0 bridgehead atoms.